The maximum absolute atomic E-state index is 11.8. The Morgan fingerprint density at radius 2 is 2.14 bits per heavy atom. The molecule has 0 unspecified atom stereocenters. The largest absolute Gasteiger partial charge is 0.507 e. The van der Waals surface area contributed by atoms with E-state index in [2.05, 4.69) is 16.4 Å². The Kier molecular flexibility index (Phi) is 5.16. The highest BCUT2D eigenvalue weighted by atomic mass is 16.5. The number of hydrazone groups is 1. The molecule has 110 valence electrons. The van der Waals surface area contributed by atoms with Crippen LogP contribution in [0.4, 0.5) is 0 Å². The summed E-state index contributed by atoms with van der Waals surface area (Å²) in [6.07, 6.45) is 6.60. The van der Waals surface area contributed by atoms with Crippen LogP contribution in [0.5, 0.6) is 11.5 Å². The molecule has 0 spiro atoms. The molecular weight excluding hydrogens is 280 g/mol. The van der Waals surface area contributed by atoms with Gasteiger partial charge in [0.1, 0.15) is 18.1 Å². The molecule has 0 saturated carbocycles. The number of hydrogen-bond donors (Lipinski definition) is 2. The minimum Gasteiger partial charge on any atom is -0.507 e. The van der Waals surface area contributed by atoms with Crippen LogP contribution in [0.15, 0.2) is 53.6 Å². The molecule has 22 heavy (non-hydrogen) atoms. The van der Waals surface area contributed by atoms with Crippen molar-refractivity contribution >= 4 is 12.1 Å². The minimum absolute atomic E-state index is 0.0973. The van der Waals surface area contributed by atoms with Gasteiger partial charge >= 0.3 is 0 Å². The van der Waals surface area contributed by atoms with E-state index in [0.717, 1.165) is 5.56 Å². The molecule has 0 saturated heterocycles. The van der Waals surface area contributed by atoms with E-state index < -0.39 is 5.91 Å². The summed E-state index contributed by atoms with van der Waals surface area (Å²) in [6, 6.07) is 13.3. The van der Waals surface area contributed by atoms with Crippen LogP contribution in [0.1, 0.15) is 15.9 Å². The molecule has 0 aliphatic heterocycles. The topological polar surface area (TPSA) is 70.9 Å². The zero-order chi connectivity index (χ0) is 15.8. The Hall–Kier alpha value is -3.26. The number of amides is 1. The first-order valence-electron chi connectivity index (χ1n) is 6.48. The number of hydrogen-bond acceptors (Lipinski definition) is 4. The van der Waals surface area contributed by atoms with Gasteiger partial charge in [-0.1, -0.05) is 30.2 Å². The zero-order valence-electron chi connectivity index (χ0n) is 11.7. The summed E-state index contributed by atoms with van der Waals surface area (Å²) in [4.78, 5) is 11.8. The van der Waals surface area contributed by atoms with Crippen LogP contribution in [-0.4, -0.2) is 23.8 Å². The third-order valence-electron chi connectivity index (χ3n) is 2.71. The number of rotatable bonds is 5. The predicted octanol–water partition coefficient (Wildman–Crippen LogP) is 2.17. The van der Waals surface area contributed by atoms with Crippen LogP contribution in [-0.2, 0) is 0 Å². The first kappa shape index (κ1) is 15.1. The average molecular weight is 294 g/mol. The molecule has 5 heteroatoms. The van der Waals surface area contributed by atoms with Crippen molar-refractivity contribution in [1.82, 2.24) is 5.43 Å². The van der Waals surface area contributed by atoms with Crippen molar-refractivity contribution in [3.8, 4) is 23.8 Å². The molecule has 0 fully saturated rings. The van der Waals surface area contributed by atoms with E-state index in [-0.39, 0.29) is 17.9 Å². The van der Waals surface area contributed by atoms with E-state index in [9.17, 15) is 9.90 Å². The Labute approximate surface area is 128 Å². The summed E-state index contributed by atoms with van der Waals surface area (Å²) in [5.41, 5.74) is 3.25. The highest BCUT2D eigenvalue weighted by molar-refractivity contribution is 5.97. The summed E-state index contributed by atoms with van der Waals surface area (Å²) >= 11 is 0. The van der Waals surface area contributed by atoms with Crippen molar-refractivity contribution in [2.45, 2.75) is 0 Å². The lowest BCUT2D eigenvalue weighted by molar-refractivity contribution is 0.0952. The maximum Gasteiger partial charge on any atom is 0.275 e. The van der Waals surface area contributed by atoms with Crippen molar-refractivity contribution in [2.75, 3.05) is 6.61 Å². The first-order valence-corrected chi connectivity index (χ1v) is 6.48. The molecular formula is C17H14N2O3. The van der Waals surface area contributed by atoms with Gasteiger partial charge in [0.2, 0.25) is 0 Å². The molecule has 0 aliphatic rings. The summed E-state index contributed by atoms with van der Waals surface area (Å²) in [6.45, 7) is 0.185. The van der Waals surface area contributed by atoms with E-state index in [4.69, 9.17) is 11.2 Å². The van der Waals surface area contributed by atoms with Crippen LogP contribution in [0.3, 0.4) is 0 Å². The van der Waals surface area contributed by atoms with E-state index in [1.165, 1.54) is 18.3 Å². The number of ether oxygens (including phenoxy) is 1. The zero-order valence-corrected chi connectivity index (χ0v) is 11.7. The molecule has 2 rings (SSSR count). The number of carbonyl (C=O) groups is 1. The van der Waals surface area contributed by atoms with Crippen molar-refractivity contribution in [3.05, 3.63) is 59.7 Å². The molecule has 0 aromatic heterocycles. The van der Waals surface area contributed by atoms with Gasteiger partial charge < -0.3 is 9.84 Å². The van der Waals surface area contributed by atoms with Gasteiger partial charge in [0, 0.05) is 0 Å². The van der Waals surface area contributed by atoms with Crippen LogP contribution in [0.25, 0.3) is 0 Å². The molecule has 2 aromatic carbocycles. The van der Waals surface area contributed by atoms with Gasteiger partial charge in [-0.25, -0.2) is 5.43 Å². The molecule has 5 nitrogen and oxygen atoms in total. The van der Waals surface area contributed by atoms with Crippen LogP contribution in [0, 0.1) is 12.3 Å². The summed E-state index contributed by atoms with van der Waals surface area (Å²) < 4.78 is 5.29. The quantitative estimate of drug-likeness (QED) is 0.504. The summed E-state index contributed by atoms with van der Waals surface area (Å²) in [5, 5.41) is 13.4. The van der Waals surface area contributed by atoms with E-state index >= 15 is 0 Å². The molecule has 1 amide bonds. The Bertz CT molecular complexity index is 733. The van der Waals surface area contributed by atoms with Gasteiger partial charge in [0.05, 0.1) is 11.8 Å². The van der Waals surface area contributed by atoms with Gasteiger partial charge in [-0.3, -0.25) is 4.79 Å². The number of carbonyl (C=O) groups excluding carboxylic acids is 1. The lowest BCUT2D eigenvalue weighted by Gasteiger charge is -2.03. The highest BCUT2D eigenvalue weighted by Gasteiger charge is 2.08. The van der Waals surface area contributed by atoms with Gasteiger partial charge in [0.25, 0.3) is 5.91 Å². The molecule has 0 bridgehead atoms. The average Bonchev–Trinajstić information content (AvgIpc) is 2.53. The van der Waals surface area contributed by atoms with Gasteiger partial charge in [-0.05, 0) is 29.8 Å². The number of nitrogens with zero attached hydrogens (tertiary/aromatic N) is 1. The molecule has 2 aromatic rings. The third kappa shape index (κ3) is 4.12. The normalized spacial score (nSPS) is 10.1. The number of nitrogens with one attached hydrogen (secondary N) is 1. The number of phenolic OH excluding ortho intramolecular Hbond substituents is 1. The Morgan fingerprint density at radius 1 is 1.32 bits per heavy atom. The second kappa shape index (κ2) is 7.50. The molecule has 0 radical (unpaired) electrons. The number of para-hydroxylation sites is 1. The van der Waals surface area contributed by atoms with Crippen molar-refractivity contribution in [1.29, 1.82) is 0 Å². The van der Waals surface area contributed by atoms with Gasteiger partial charge in [0.15, 0.2) is 0 Å². The minimum atomic E-state index is -0.492. The number of phenols is 1. The van der Waals surface area contributed by atoms with Crippen molar-refractivity contribution in [2.24, 2.45) is 5.10 Å². The Morgan fingerprint density at radius 3 is 2.91 bits per heavy atom. The molecule has 0 aliphatic carbocycles. The Balaban J connectivity index is 1.99. The predicted molar refractivity (Wildman–Crippen MR) is 83.9 cm³/mol. The molecule has 0 heterocycles. The second-order valence-electron chi connectivity index (χ2n) is 4.28. The number of aromatic hydroxyl groups is 1. The van der Waals surface area contributed by atoms with Gasteiger partial charge in [-0.15, -0.1) is 6.42 Å². The summed E-state index contributed by atoms with van der Waals surface area (Å²) in [7, 11) is 0. The lowest BCUT2D eigenvalue weighted by atomic mass is 10.2. The summed E-state index contributed by atoms with van der Waals surface area (Å²) in [5.74, 6) is 2.41. The maximum atomic E-state index is 11.8. The monoisotopic (exact) mass is 294 g/mol. The molecule has 0 atom stereocenters. The van der Waals surface area contributed by atoms with Crippen molar-refractivity contribution < 1.29 is 14.6 Å². The van der Waals surface area contributed by atoms with Crippen LogP contribution >= 0.6 is 0 Å². The van der Waals surface area contributed by atoms with Crippen molar-refractivity contribution in [3.63, 3.8) is 0 Å². The van der Waals surface area contributed by atoms with Crippen LogP contribution in [0.2, 0.25) is 0 Å². The molecule has 2 N–H and O–H groups in total. The number of terminal acetylenes is 1. The SMILES string of the molecule is C#CCOc1cccc(/C=N\NC(=O)c2ccccc2O)c1. The fraction of sp³-hybridized carbons (Fsp3) is 0.0588. The van der Waals surface area contributed by atoms with Gasteiger partial charge in [-0.2, -0.15) is 5.10 Å². The lowest BCUT2D eigenvalue weighted by Crippen LogP contribution is -2.17. The number of benzene rings is 2. The smallest absolute Gasteiger partial charge is 0.275 e. The fourth-order valence-electron chi connectivity index (χ4n) is 1.70. The first-order chi connectivity index (χ1) is 10.7. The standard InChI is InChI=1S/C17H14N2O3/c1-2-10-22-14-7-5-6-13(11-14)12-18-19-17(21)15-8-3-4-9-16(15)20/h1,3-9,11-12,20H,10H2,(H,19,21)/b18-12-. The third-order valence-corrected chi connectivity index (χ3v) is 2.71. The van der Waals surface area contributed by atoms with Crippen LogP contribution < -0.4 is 10.2 Å². The van der Waals surface area contributed by atoms with E-state index in [1.54, 1.807) is 36.4 Å². The van der Waals surface area contributed by atoms with E-state index in [0.29, 0.717) is 5.75 Å². The fourth-order valence-corrected chi connectivity index (χ4v) is 1.70. The van der Waals surface area contributed by atoms with E-state index in [1.807, 2.05) is 0 Å². The second-order valence-corrected chi connectivity index (χ2v) is 4.28. The highest BCUT2D eigenvalue weighted by Crippen LogP contribution is 2.15.